The fraction of sp³-hybridized carbons (Fsp3) is 0.667. The highest BCUT2D eigenvalue weighted by Gasteiger charge is 2.27. The van der Waals surface area contributed by atoms with Crippen LogP contribution in [0.3, 0.4) is 0 Å². The van der Waals surface area contributed by atoms with Crippen molar-refractivity contribution in [3.05, 3.63) is 0 Å². The Morgan fingerprint density at radius 2 is 1.65 bits per heavy atom. The molecule has 0 aromatic carbocycles. The molecule has 0 aromatic rings. The van der Waals surface area contributed by atoms with Crippen LogP contribution in [0.1, 0.15) is 13.8 Å². The summed E-state index contributed by atoms with van der Waals surface area (Å²) in [5.41, 5.74) is 0.702. The van der Waals surface area contributed by atoms with Crippen LogP contribution in [0.2, 0.25) is 0 Å². The van der Waals surface area contributed by atoms with E-state index in [-0.39, 0.29) is 5.91 Å². The average molecular weight is 263 g/mol. The molecule has 0 heterocycles. The summed E-state index contributed by atoms with van der Waals surface area (Å²) in [7, 11) is 3.63. The van der Waals surface area contributed by atoms with Crippen LogP contribution in [0.5, 0.6) is 0 Å². The predicted octanol–water partition coefficient (Wildman–Crippen LogP) is -1.38. The quantitative estimate of drug-likeness (QED) is 0.278. The van der Waals surface area contributed by atoms with Gasteiger partial charge in [-0.15, -0.1) is 9.24 Å². The minimum atomic E-state index is -0.767. The highest BCUT2D eigenvalue weighted by molar-refractivity contribution is 7.19. The molecule has 0 fully saturated rings. The maximum Gasteiger partial charge on any atom is 0.251 e. The standard InChI is InChI=1S/C9H18N3O4P/c1-4(6(17)9(15)12-16)7(13)11-5(2)8(14)10-3/h4-6,16H,17H2,1-3H3,(H,10,14)(H,11,13)(H,12,15)/t4-,5+,6+/m1/s1. The first-order valence-corrected chi connectivity index (χ1v) is 5.73. The Kier molecular flexibility index (Phi) is 6.68. The minimum Gasteiger partial charge on any atom is -0.357 e. The number of carbonyl (C=O) groups excluding carboxylic acids is 3. The second kappa shape index (κ2) is 7.19. The number of likely N-dealkylation sites (N-methyl/N-ethyl adjacent to an activating group) is 1. The average Bonchev–Trinajstić information content (AvgIpc) is 2.34. The largest absolute Gasteiger partial charge is 0.357 e. The molecule has 4 atom stereocenters. The Morgan fingerprint density at radius 1 is 1.12 bits per heavy atom. The van der Waals surface area contributed by atoms with E-state index in [2.05, 4.69) is 19.9 Å². The van der Waals surface area contributed by atoms with Gasteiger partial charge in [0, 0.05) is 7.05 Å². The molecular weight excluding hydrogens is 245 g/mol. The van der Waals surface area contributed by atoms with Crippen LogP contribution in [0.25, 0.3) is 0 Å². The number of nitrogens with one attached hydrogen (secondary N) is 3. The van der Waals surface area contributed by atoms with Gasteiger partial charge in [0.2, 0.25) is 11.8 Å². The molecule has 0 saturated heterocycles. The summed E-state index contributed by atoms with van der Waals surface area (Å²) in [6, 6.07) is -0.677. The molecule has 0 bridgehead atoms. The van der Waals surface area contributed by atoms with Crippen molar-refractivity contribution in [2.75, 3.05) is 7.05 Å². The Hall–Kier alpha value is -1.20. The van der Waals surface area contributed by atoms with E-state index < -0.39 is 29.4 Å². The summed E-state index contributed by atoms with van der Waals surface area (Å²) in [5.74, 6) is -2.12. The summed E-state index contributed by atoms with van der Waals surface area (Å²) < 4.78 is 0. The molecule has 7 nitrogen and oxygen atoms in total. The third-order valence-corrected chi connectivity index (χ3v) is 3.24. The Labute approximate surface area is 102 Å². The fourth-order valence-electron chi connectivity index (χ4n) is 1.09. The van der Waals surface area contributed by atoms with Crippen molar-refractivity contribution in [2.24, 2.45) is 5.92 Å². The summed E-state index contributed by atoms with van der Waals surface area (Å²) >= 11 is 0. The van der Waals surface area contributed by atoms with Crippen LogP contribution in [0.4, 0.5) is 0 Å². The van der Waals surface area contributed by atoms with Gasteiger partial charge in [0.1, 0.15) is 6.04 Å². The molecule has 0 spiro atoms. The maximum atomic E-state index is 11.7. The molecule has 0 aliphatic heterocycles. The van der Waals surface area contributed by atoms with E-state index in [1.165, 1.54) is 26.4 Å². The van der Waals surface area contributed by atoms with Gasteiger partial charge in [-0.1, -0.05) is 6.92 Å². The van der Waals surface area contributed by atoms with Crippen molar-refractivity contribution in [2.45, 2.75) is 25.5 Å². The monoisotopic (exact) mass is 263 g/mol. The van der Waals surface area contributed by atoms with E-state index in [9.17, 15) is 14.4 Å². The van der Waals surface area contributed by atoms with Crippen LogP contribution < -0.4 is 16.1 Å². The lowest BCUT2D eigenvalue weighted by Crippen LogP contribution is -2.48. The molecule has 0 rings (SSSR count). The van der Waals surface area contributed by atoms with E-state index >= 15 is 0 Å². The SMILES string of the molecule is CNC(=O)[C@H](C)NC(=O)[C@H](C)[C@H](P)C(=O)NO. The van der Waals surface area contributed by atoms with Crippen LogP contribution >= 0.6 is 9.24 Å². The van der Waals surface area contributed by atoms with Crippen molar-refractivity contribution in [1.29, 1.82) is 0 Å². The van der Waals surface area contributed by atoms with E-state index in [4.69, 9.17) is 5.21 Å². The van der Waals surface area contributed by atoms with Crippen molar-refractivity contribution in [1.82, 2.24) is 16.1 Å². The number of carbonyl (C=O) groups is 3. The Balaban J connectivity index is 4.41. The molecule has 0 radical (unpaired) electrons. The van der Waals surface area contributed by atoms with Gasteiger partial charge in [-0.3, -0.25) is 19.6 Å². The minimum absolute atomic E-state index is 0.322. The van der Waals surface area contributed by atoms with Crippen molar-refractivity contribution in [3.8, 4) is 0 Å². The number of hydroxylamine groups is 1. The molecule has 0 aliphatic rings. The zero-order valence-corrected chi connectivity index (χ0v) is 11.1. The summed E-state index contributed by atoms with van der Waals surface area (Å²) in [5, 5.41) is 13.3. The zero-order chi connectivity index (χ0) is 13.6. The van der Waals surface area contributed by atoms with E-state index in [1.807, 2.05) is 0 Å². The topological polar surface area (TPSA) is 108 Å². The maximum absolute atomic E-state index is 11.7. The molecule has 4 N–H and O–H groups in total. The van der Waals surface area contributed by atoms with Gasteiger partial charge in [-0.05, 0) is 6.92 Å². The first-order valence-electron chi connectivity index (χ1n) is 5.06. The van der Waals surface area contributed by atoms with Gasteiger partial charge in [0.25, 0.3) is 5.91 Å². The lowest BCUT2D eigenvalue weighted by Gasteiger charge is -2.19. The van der Waals surface area contributed by atoms with Gasteiger partial charge in [-0.25, -0.2) is 5.48 Å². The number of hydrogen-bond acceptors (Lipinski definition) is 4. The van der Waals surface area contributed by atoms with Crippen LogP contribution in [-0.2, 0) is 14.4 Å². The first kappa shape index (κ1) is 15.8. The molecule has 0 saturated carbocycles. The van der Waals surface area contributed by atoms with Gasteiger partial charge < -0.3 is 10.6 Å². The fourth-order valence-corrected chi connectivity index (χ4v) is 1.34. The third kappa shape index (κ3) is 4.66. The Morgan fingerprint density at radius 3 is 2.06 bits per heavy atom. The lowest BCUT2D eigenvalue weighted by atomic mass is 10.1. The molecular formula is C9H18N3O4P. The predicted molar refractivity (Wildman–Crippen MR) is 64.3 cm³/mol. The third-order valence-electron chi connectivity index (χ3n) is 2.36. The molecule has 3 amide bonds. The summed E-state index contributed by atoms with van der Waals surface area (Å²) in [6.45, 7) is 3.06. The van der Waals surface area contributed by atoms with E-state index in [1.54, 1.807) is 0 Å². The number of hydrogen-bond donors (Lipinski definition) is 4. The second-order valence-electron chi connectivity index (χ2n) is 3.64. The number of rotatable bonds is 5. The molecule has 1 unspecified atom stereocenters. The van der Waals surface area contributed by atoms with Crippen molar-refractivity contribution >= 4 is 27.0 Å². The molecule has 17 heavy (non-hydrogen) atoms. The molecule has 0 aromatic heterocycles. The summed E-state index contributed by atoms with van der Waals surface area (Å²) in [6.07, 6.45) is 0. The van der Waals surface area contributed by atoms with Crippen LogP contribution in [-0.4, -0.2) is 41.7 Å². The van der Waals surface area contributed by atoms with E-state index in [0.717, 1.165) is 0 Å². The number of amides is 3. The van der Waals surface area contributed by atoms with E-state index in [0.29, 0.717) is 0 Å². The molecule has 98 valence electrons. The normalized spacial score (nSPS) is 15.4. The van der Waals surface area contributed by atoms with Crippen LogP contribution in [0.15, 0.2) is 0 Å². The lowest BCUT2D eigenvalue weighted by molar-refractivity contribution is -0.134. The van der Waals surface area contributed by atoms with Crippen molar-refractivity contribution < 1.29 is 19.6 Å². The summed E-state index contributed by atoms with van der Waals surface area (Å²) in [4.78, 5) is 33.9. The van der Waals surface area contributed by atoms with Crippen molar-refractivity contribution in [3.63, 3.8) is 0 Å². The van der Waals surface area contributed by atoms with Gasteiger partial charge >= 0.3 is 0 Å². The zero-order valence-electron chi connectivity index (χ0n) is 9.98. The second-order valence-corrected chi connectivity index (χ2v) is 4.35. The van der Waals surface area contributed by atoms with Gasteiger partial charge in [0.05, 0.1) is 11.6 Å². The Bertz CT molecular complexity index is 311. The molecule has 0 aliphatic carbocycles. The highest BCUT2D eigenvalue weighted by atomic mass is 31.0. The van der Waals surface area contributed by atoms with Gasteiger partial charge in [0.15, 0.2) is 0 Å². The smallest absolute Gasteiger partial charge is 0.251 e. The first-order chi connectivity index (χ1) is 7.84. The highest BCUT2D eigenvalue weighted by Crippen LogP contribution is 2.13. The van der Waals surface area contributed by atoms with Crippen LogP contribution in [0, 0.1) is 5.92 Å². The van der Waals surface area contributed by atoms with Gasteiger partial charge in [-0.2, -0.15) is 0 Å². The molecule has 8 heteroatoms.